The summed E-state index contributed by atoms with van der Waals surface area (Å²) in [6, 6.07) is 0. The van der Waals surface area contributed by atoms with Crippen molar-refractivity contribution >= 4 is 0 Å². The molecule has 2 nitrogen and oxygen atoms in total. The maximum Gasteiger partial charge on any atom is 0.0473 e. The van der Waals surface area contributed by atoms with Gasteiger partial charge in [0.05, 0.1) is 0 Å². The van der Waals surface area contributed by atoms with Crippen LogP contribution >= 0.6 is 0 Å². The van der Waals surface area contributed by atoms with E-state index in [0.29, 0.717) is 18.4 Å². The van der Waals surface area contributed by atoms with Crippen molar-refractivity contribution in [1.29, 1.82) is 0 Å². The van der Waals surface area contributed by atoms with Gasteiger partial charge in [0.15, 0.2) is 0 Å². The average molecular weight is 129 g/mol. The molecule has 1 aliphatic heterocycles. The van der Waals surface area contributed by atoms with Crippen LogP contribution in [-0.2, 0) is 0 Å². The number of hydrogen-bond donors (Lipinski definition) is 2. The Labute approximate surface area is 56.3 Å². The van der Waals surface area contributed by atoms with Gasteiger partial charge in [-0.3, -0.25) is 0 Å². The molecule has 0 amide bonds. The van der Waals surface area contributed by atoms with Crippen molar-refractivity contribution in [3.05, 3.63) is 0 Å². The third kappa shape index (κ3) is 1.66. The second-order valence-corrected chi connectivity index (χ2v) is 2.91. The fraction of sp³-hybridized carbons (Fsp3) is 1.00. The Morgan fingerprint density at radius 3 is 2.89 bits per heavy atom. The van der Waals surface area contributed by atoms with E-state index in [1.165, 1.54) is 6.42 Å². The third-order valence-corrected chi connectivity index (χ3v) is 2.22. The predicted octanol–water partition coefficient (Wildman–Crippen LogP) is 0.224. The van der Waals surface area contributed by atoms with Crippen LogP contribution in [0.2, 0.25) is 0 Å². The van der Waals surface area contributed by atoms with Crippen molar-refractivity contribution in [2.45, 2.75) is 13.3 Å². The molecule has 0 radical (unpaired) electrons. The molecule has 0 unspecified atom stereocenters. The van der Waals surface area contributed by atoms with Crippen molar-refractivity contribution in [2.75, 3.05) is 19.7 Å². The van der Waals surface area contributed by atoms with E-state index in [-0.39, 0.29) is 0 Å². The summed E-state index contributed by atoms with van der Waals surface area (Å²) in [7, 11) is 0. The summed E-state index contributed by atoms with van der Waals surface area (Å²) in [5.41, 5.74) is 0. The third-order valence-electron chi connectivity index (χ3n) is 2.22. The normalized spacial score (nSPS) is 36.7. The summed E-state index contributed by atoms with van der Waals surface area (Å²) in [5.74, 6) is 1.20. The second kappa shape index (κ2) is 3.18. The molecule has 1 rings (SSSR count). The Bertz CT molecular complexity index is 85.0. The minimum absolute atomic E-state index is 0.341. The van der Waals surface area contributed by atoms with E-state index in [1.54, 1.807) is 0 Å². The van der Waals surface area contributed by atoms with Gasteiger partial charge in [-0.05, 0) is 24.8 Å². The first-order chi connectivity index (χ1) is 4.34. The monoisotopic (exact) mass is 129 g/mol. The van der Waals surface area contributed by atoms with Gasteiger partial charge in [0.25, 0.3) is 0 Å². The Balaban J connectivity index is 2.30. The molecule has 9 heavy (non-hydrogen) atoms. The van der Waals surface area contributed by atoms with Gasteiger partial charge < -0.3 is 10.4 Å². The second-order valence-electron chi connectivity index (χ2n) is 2.91. The summed E-state index contributed by atoms with van der Waals surface area (Å²) >= 11 is 0. The van der Waals surface area contributed by atoms with Gasteiger partial charge in [0.1, 0.15) is 0 Å². The van der Waals surface area contributed by atoms with Crippen LogP contribution in [0.4, 0.5) is 0 Å². The summed E-state index contributed by atoms with van der Waals surface area (Å²) in [5, 5.41) is 12.1. The molecule has 2 atom stereocenters. The number of nitrogens with one attached hydrogen (secondary N) is 1. The van der Waals surface area contributed by atoms with E-state index in [1.807, 2.05) is 0 Å². The van der Waals surface area contributed by atoms with Gasteiger partial charge in [-0.1, -0.05) is 6.92 Å². The highest BCUT2D eigenvalue weighted by molar-refractivity contribution is 4.73. The van der Waals surface area contributed by atoms with Crippen LogP contribution in [0.1, 0.15) is 13.3 Å². The number of piperidine rings is 1. The lowest BCUT2D eigenvalue weighted by Crippen LogP contribution is -2.37. The molecule has 2 N–H and O–H groups in total. The molecule has 2 heteroatoms. The molecule has 1 fully saturated rings. The molecule has 0 spiro atoms. The lowest BCUT2D eigenvalue weighted by Gasteiger charge is -2.27. The summed E-state index contributed by atoms with van der Waals surface area (Å²) in [4.78, 5) is 0. The first-order valence-corrected chi connectivity index (χ1v) is 3.66. The van der Waals surface area contributed by atoms with Crippen molar-refractivity contribution in [3.8, 4) is 0 Å². The minimum Gasteiger partial charge on any atom is -0.396 e. The van der Waals surface area contributed by atoms with Gasteiger partial charge >= 0.3 is 0 Å². The van der Waals surface area contributed by atoms with E-state index in [0.717, 1.165) is 13.1 Å². The van der Waals surface area contributed by atoms with Crippen LogP contribution in [0, 0.1) is 11.8 Å². The highest BCUT2D eigenvalue weighted by atomic mass is 16.3. The van der Waals surface area contributed by atoms with Crippen LogP contribution in [0.15, 0.2) is 0 Å². The summed E-state index contributed by atoms with van der Waals surface area (Å²) in [6.07, 6.45) is 1.21. The number of aliphatic hydroxyl groups is 1. The topological polar surface area (TPSA) is 32.3 Å². The molecule has 0 aromatic rings. The zero-order chi connectivity index (χ0) is 6.69. The lowest BCUT2D eigenvalue weighted by molar-refractivity contribution is 0.155. The first kappa shape index (κ1) is 7.03. The van der Waals surface area contributed by atoms with Crippen molar-refractivity contribution in [3.63, 3.8) is 0 Å². The smallest absolute Gasteiger partial charge is 0.0473 e. The van der Waals surface area contributed by atoms with E-state index in [2.05, 4.69) is 12.2 Å². The van der Waals surface area contributed by atoms with Crippen molar-refractivity contribution < 1.29 is 5.11 Å². The summed E-state index contributed by atoms with van der Waals surface area (Å²) < 4.78 is 0. The molecular formula is C7H15NO. The fourth-order valence-electron chi connectivity index (χ4n) is 1.30. The zero-order valence-corrected chi connectivity index (χ0v) is 5.93. The molecular weight excluding hydrogens is 114 g/mol. The lowest BCUT2D eigenvalue weighted by atomic mass is 9.89. The molecule has 0 bridgehead atoms. The van der Waals surface area contributed by atoms with Gasteiger partial charge in [-0.25, -0.2) is 0 Å². The van der Waals surface area contributed by atoms with Crippen molar-refractivity contribution in [1.82, 2.24) is 5.32 Å². The van der Waals surface area contributed by atoms with Gasteiger partial charge in [0, 0.05) is 13.2 Å². The molecule has 54 valence electrons. The fourth-order valence-corrected chi connectivity index (χ4v) is 1.30. The van der Waals surface area contributed by atoms with Crippen LogP contribution in [0.25, 0.3) is 0 Å². The largest absolute Gasteiger partial charge is 0.396 e. The highest BCUT2D eigenvalue weighted by Crippen LogP contribution is 2.16. The molecule has 1 heterocycles. The van der Waals surface area contributed by atoms with E-state index < -0.39 is 0 Å². The average Bonchev–Trinajstić information content (AvgIpc) is 1.89. The van der Waals surface area contributed by atoms with Crippen LogP contribution in [0.5, 0.6) is 0 Å². The minimum atomic E-state index is 0.341. The molecule has 1 aliphatic rings. The predicted molar refractivity (Wildman–Crippen MR) is 37.2 cm³/mol. The van der Waals surface area contributed by atoms with Gasteiger partial charge in [0.2, 0.25) is 0 Å². The Morgan fingerprint density at radius 2 is 2.44 bits per heavy atom. The van der Waals surface area contributed by atoms with E-state index in [9.17, 15) is 0 Å². The number of hydrogen-bond acceptors (Lipinski definition) is 2. The molecule has 0 aromatic carbocycles. The van der Waals surface area contributed by atoms with Gasteiger partial charge in [-0.15, -0.1) is 0 Å². The maximum atomic E-state index is 8.82. The van der Waals surface area contributed by atoms with Crippen molar-refractivity contribution in [2.24, 2.45) is 11.8 Å². The number of rotatable bonds is 1. The van der Waals surface area contributed by atoms with E-state index >= 15 is 0 Å². The van der Waals surface area contributed by atoms with Crippen LogP contribution in [0.3, 0.4) is 0 Å². The first-order valence-electron chi connectivity index (χ1n) is 3.66. The molecule has 0 saturated carbocycles. The Morgan fingerprint density at radius 1 is 1.67 bits per heavy atom. The Kier molecular flexibility index (Phi) is 2.49. The Hall–Kier alpha value is -0.0800. The standard InChI is InChI=1S/C7H15NO/c1-6-2-3-8-4-7(6)5-9/h6-9H,2-5H2,1H3/t6-,7-/m0/s1. The van der Waals surface area contributed by atoms with E-state index in [4.69, 9.17) is 5.11 Å². The summed E-state index contributed by atoms with van der Waals surface area (Å²) in [6.45, 7) is 4.67. The molecule has 0 aliphatic carbocycles. The zero-order valence-electron chi connectivity index (χ0n) is 5.93. The molecule has 1 saturated heterocycles. The quantitative estimate of drug-likeness (QED) is 0.531. The highest BCUT2D eigenvalue weighted by Gasteiger charge is 2.19. The molecule has 0 aromatic heterocycles. The number of aliphatic hydroxyl groups excluding tert-OH is 1. The maximum absolute atomic E-state index is 8.82. The SMILES string of the molecule is C[C@H]1CCNC[C@H]1CO. The van der Waals surface area contributed by atoms with Crippen LogP contribution in [-0.4, -0.2) is 24.8 Å². The van der Waals surface area contributed by atoms with Crippen LogP contribution < -0.4 is 5.32 Å². The van der Waals surface area contributed by atoms with Gasteiger partial charge in [-0.2, -0.15) is 0 Å².